The zero-order valence-electron chi connectivity index (χ0n) is 12.3. The van der Waals surface area contributed by atoms with Crippen LogP contribution in [-0.2, 0) is 13.5 Å². The fourth-order valence-electron chi connectivity index (χ4n) is 2.63. The van der Waals surface area contributed by atoms with E-state index < -0.39 is 6.10 Å². The fraction of sp³-hybridized carbons (Fsp3) is 0.294. The Balaban J connectivity index is 1.81. The van der Waals surface area contributed by atoms with E-state index in [4.69, 9.17) is 0 Å². The molecule has 3 rings (SSSR count). The molecule has 0 saturated heterocycles. The van der Waals surface area contributed by atoms with Crippen LogP contribution >= 0.6 is 0 Å². The van der Waals surface area contributed by atoms with Gasteiger partial charge in [-0.1, -0.05) is 18.2 Å². The third kappa shape index (κ3) is 2.81. The van der Waals surface area contributed by atoms with Crippen LogP contribution < -0.4 is 0 Å². The molecule has 3 aromatic rings. The number of para-hydroxylation sites is 1. The van der Waals surface area contributed by atoms with Gasteiger partial charge >= 0.3 is 0 Å². The lowest BCUT2D eigenvalue weighted by Crippen LogP contribution is -2.05. The van der Waals surface area contributed by atoms with Crippen LogP contribution in [0.2, 0.25) is 0 Å². The van der Waals surface area contributed by atoms with E-state index in [-0.39, 0.29) is 0 Å². The van der Waals surface area contributed by atoms with E-state index in [2.05, 4.69) is 23.1 Å². The Hall–Kier alpha value is -2.20. The van der Waals surface area contributed by atoms with Crippen molar-refractivity contribution >= 4 is 10.9 Å². The number of aryl methyl sites for hydroxylation is 3. The number of hydrogen-bond donors (Lipinski definition) is 1. The standard InChI is InChI=1S/C17H19N3O/c1-12-11-16(19-15-6-4-3-5-14(12)15)17(21)8-7-13-9-10-18-20(13)2/h3-6,9-11,17,21H,7-8H2,1-2H3. The largest absolute Gasteiger partial charge is 0.387 e. The van der Waals surface area contributed by atoms with Gasteiger partial charge in [-0.3, -0.25) is 9.67 Å². The number of benzene rings is 1. The van der Waals surface area contributed by atoms with Crippen LogP contribution in [0.25, 0.3) is 10.9 Å². The lowest BCUT2D eigenvalue weighted by Gasteiger charge is -2.12. The summed E-state index contributed by atoms with van der Waals surface area (Å²) in [5.74, 6) is 0. The van der Waals surface area contributed by atoms with Crippen LogP contribution in [0.3, 0.4) is 0 Å². The summed E-state index contributed by atoms with van der Waals surface area (Å²) >= 11 is 0. The molecule has 4 heteroatoms. The molecule has 21 heavy (non-hydrogen) atoms. The van der Waals surface area contributed by atoms with E-state index in [1.165, 1.54) is 0 Å². The minimum absolute atomic E-state index is 0.553. The van der Waals surface area contributed by atoms with Crippen LogP contribution in [0.1, 0.15) is 29.5 Å². The van der Waals surface area contributed by atoms with Crippen molar-refractivity contribution in [1.29, 1.82) is 0 Å². The van der Waals surface area contributed by atoms with Crippen molar-refractivity contribution in [1.82, 2.24) is 14.8 Å². The lowest BCUT2D eigenvalue weighted by molar-refractivity contribution is 0.162. The van der Waals surface area contributed by atoms with E-state index in [1.54, 1.807) is 6.20 Å². The van der Waals surface area contributed by atoms with Crippen LogP contribution in [0.4, 0.5) is 0 Å². The number of aromatic nitrogens is 3. The van der Waals surface area contributed by atoms with Gasteiger partial charge in [-0.15, -0.1) is 0 Å². The number of aliphatic hydroxyl groups excluding tert-OH is 1. The molecule has 1 aromatic carbocycles. The topological polar surface area (TPSA) is 50.9 Å². The van der Waals surface area contributed by atoms with E-state index in [1.807, 2.05) is 42.1 Å². The smallest absolute Gasteiger partial charge is 0.0963 e. The molecule has 2 heterocycles. The molecule has 1 atom stereocenters. The minimum atomic E-state index is -0.553. The first-order valence-corrected chi connectivity index (χ1v) is 7.16. The summed E-state index contributed by atoms with van der Waals surface area (Å²) in [7, 11) is 1.92. The van der Waals surface area contributed by atoms with Gasteiger partial charge in [0.2, 0.25) is 0 Å². The Morgan fingerprint density at radius 3 is 2.81 bits per heavy atom. The molecule has 0 aliphatic rings. The number of fused-ring (bicyclic) bond motifs is 1. The summed E-state index contributed by atoms with van der Waals surface area (Å²) < 4.78 is 1.84. The molecular formula is C17H19N3O. The summed E-state index contributed by atoms with van der Waals surface area (Å²) in [6, 6.07) is 12.0. The second kappa shape index (κ2) is 5.66. The Labute approximate surface area is 124 Å². The number of nitrogens with zero attached hydrogens (tertiary/aromatic N) is 3. The van der Waals surface area contributed by atoms with Crippen LogP contribution in [-0.4, -0.2) is 19.9 Å². The van der Waals surface area contributed by atoms with Crippen LogP contribution in [0.15, 0.2) is 42.6 Å². The normalized spacial score (nSPS) is 12.7. The number of hydrogen-bond acceptors (Lipinski definition) is 3. The third-order valence-corrected chi connectivity index (χ3v) is 3.88. The highest BCUT2D eigenvalue weighted by Gasteiger charge is 2.12. The van der Waals surface area contributed by atoms with E-state index in [0.29, 0.717) is 6.42 Å². The molecule has 0 radical (unpaired) electrons. The van der Waals surface area contributed by atoms with Gasteiger partial charge < -0.3 is 5.11 Å². The number of aliphatic hydroxyl groups is 1. The highest BCUT2D eigenvalue weighted by Crippen LogP contribution is 2.23. The molecule has 4 nitrogen and oxygen atoms in total. The molecule has 1 unspecified atom stereocenters. The Kier molecular flexibility index (Phi) is 3.71. The quantitative estimate of drug-likeness (QED) is 0.800. The Morgan fingerprint density at radius 2 is 2.05 bits per heavy atom. The number of pyridine rings is 1. The predicted octanol–water partition coefficient (Wildman–Crippen LogP) is 2.94. The Morgan fingerprint density at radius 1 is 1.24 bits per heavy atom. The first-order chi connectivity index (χ1) is 10.1. The molecule has 108 valence electrons. The molecule has 0 aliphatic heterocycles. The monoisotopic (exact) mass is 281 g/mol. The maximum atomic E-state index is 10.4. The van der Waals surface area contributed by atoms with Crippen LogP contribution in [0.5, 0.6) is 0 Å². The second-order valence-corrected chi connectivity index (χ2v) is 5.38. The fourth-order valence-corrected chi connectivity index (χ4v) is 2.63. The first-order valence-electron chi connectivity index (χ1n) is 7.16. The molecule has 1 N–H and O–H groups in total. The number of rotatable bonds is 4. The van der Waals surface area contributed by atoms with Gasteiger partial charge in [0.05, 0.1) is 17.3 Å². The van der Waals surface area contributed by atoms with E-state index >= 15 is 0 Å². The summed E-state index contributed by atoms with van der Waals surface area (Å²) in [4.78, 5) is 4.59. The van der Waals surface area contributed by atoms with Crippen molar-refractivity contribution in [2.24, 2.45) is 7.05 Å². The van der Waals surface area contributed by atoms with Crippen molar-refractivity contribution in [3.05, 3.63) is 59.5 Å². The van der Waals surface area contributed by atoms with E-state index in [0.717, 1.165) is 34.3 Å². The summed E-state index contributed by atoms with van der Waals surface area (Å²) in [6.45, 7) is 2.06. The minimum Gasteiger partial charge on any atom is -0.387 e. The molecular weight excluding hydrogens is 262 g/mol. The SMILES string of the molecule is Cc1cc(C(O)CCc2ccnn2C)nc2ccccc12. The van der Waals surface area contributed by atoms with Crippen molar-refractivity contribution in [2.75, 3.05) is 0 Å². The van der Waals surface area contributed by atoms with Gasteiger partial charge in [0.15, 0.2) is 0 Å². The zero-order valence-corrected chi connectivity index (χ0v) is 12.3. The highest BCUT2D eigenvalue weighted by atomic mass is 16.3. The summed E-state index contributed by atoms with van der Waals surface area (Å²) in [5.41, 5.74) is 3.95. The van der Waals surface area contributed by atoms with Crippen molar-refractivity contribution in [3.8, 4) is 0 Å². The van der Waals surface area contributed by atoms with Crippen molar-refractivity contribution < 1.29 is 5.11 Å². The first kappa shape index (κ1) is 13.8. The molecule has 0 bridgehead atoms. The molecule has 0 amide bonds. The van der Waals surface area contributed by atoms with Crippen LogP contribution in [0, 0.1) is 6.92 Å². The van der Waals surface area contributed by atoms with Gasteiger partial charge in [0, 0.05) is 24.3 Å². The molecule has 0 spiro atoms. The molecule has 0 aliphatic carbocycles. The van der Waals surface area contributed by atoms with Gasteiger partial charge in [0.1, 0.15) is 0 Å². The molecule has 0 fully saturated rings. The maximum Gasteiger partial charge on any atom is 0.0963 e. The van der Waals surface area contributed by atoms with Gasteiger partial charge in [-0.2, -0.15) is 5.10 Å². The van der Waals surface area contributed by atoms with Gasteiger partial charge in [-0.25, -0.2) is 0 Å². The van der Waals surface area contributed by atoms with E-state index in [9.17, 15) is 5.11 Å². The third-order valence-electron chi connectivity index (χ3n) is 3.88. The zero-order chi connectivity index (χ0) is 14.8. The van der Waals surface area contributed by atoms with Gasteiger partial charge in [0.25, 0.3) is 0 Å². The highest BCUT2D eigenvalue weighted by molar-refractivity contribution is 5.82. The summed E-state index contributed by atoms with van der Waals surface area (Å²) in [6.07, 6.45) is 2.65. The molecule has 0 saturated carbocycles. The summed E-state index contributed by atoms with van der Waals surface area (Å²) in [5, 5.41) is 15.7. The molecule has 2 aromatic heterocycles. The average Bonchev–Trinajstić information content (AvgIpc) is 2.90. The maximum absolute atomic E-state index is 10.4. The predicted molar refractivity (Wildman–Crippen MR) is 83.0 cm³/mol. The second-order valence-electron chi connectivity index (χ2n) is 5.38. The van der Waals surface area contributed by atoms with Crippen molar-refractivity contribution in [2.45, 2.75) is 25.9 Å². The Bertz CT molecular complexity index is 764. The van der Waals surface area contributed by atoms with Gasteiger partial charge in [-0.05, 0) is 43.5 Å². The lowest BCUT2D eigenvalue weighted by atomic mass is 10.0. The average molecular weight is 281 g/mol. The van der Waals surface area contributed by atoms with Crippen molar-refractivity contribution in [3.63, 3.8) is 0 Å².